The Bertz CT molecular complexity index is 469. The summed E-state index contributed by atoms with van der Waals surface area (Å²) in [4.78, 5) is 22.4. The Kier molecular flexibility index (Phi) is 6.60. The number of carboxylic acids is 1. The highest BCUT2D eigenvalue weighted by molar-refractivity contribution is 7.90. The van der Waals surface area contributed by atoms with Crippen LogP contribution >= 0.6 is 0 Å². The molecule has 1 aliphatic rings. The second-order valence-electron chi connectivity index (χ2n) is 5.70. The van der Waals surface area contributed by atoms with E-state index in [1.54, 1.807) is 6.92 Å². The number of carbonyl (C=O) groups is 2. The molecule has 8 heteroatoms. The smallest absolute Gasteiger partial charge is 0.326 e. The van der Waals surface area contributed by atoms with Crippen LogP contribution in [0.3, 0.4) is 0 Å². The molecule has 1 aliphatic carbocycles. The Morgan fingerprint density at radius 2 is 1.81 bits per heavy atom. The third-order valence-corrected chi connectivity index (χ3v) is 5.06. The molecule has 0 aromatic rings. The van der Waals surface area contributed by atoms with Gasteiger partial charge in [-0.25, -0.2) is 17.9 Å². The molecular formula is C13H24N2O5S. The number of carboxylic acid groups (broad SMARTS) is 1. The highest BCUT2D eigenvalue weighted by atomic mass is 32.2. The van der Waals surface area contributed by atoms with Crippen LogP contribution in [0.1, 0.15) is 46.0 Å². The summed E-state index contributed by atoms with van der Waals surface area (Å²) < 4.78 is 26.4. The van der Waals surface area contributed by atoms with Gasteiger partial charge in [-0.3, -0.25) is 4.79 Å². The van der Waals surface area contributed by atoms with Crippen LogP contribution in [0.5, 0.6) is 0 Å². The third kappa shape index (κ3) is 6.43. The van der Waals surface area contributed by atoms with Crippen LogP contribution in [-0.2, 0) is 19.6 Å². The van der Waals surface area contributed by atoms with Crippen molar-refractivity contribution in [2.75, 3.05) is 5.75 Å². The molecular weight excluding hydrogens is 296 g/mol. The molecule has 0 spiro atoms. The van der Waals surface area contributed by atoms with Crippen molar-refractivity contribution < 1.29 is 23.1 Å². The van der Waals surface area contributed by atoms with Gasteiger partial charge in [0, 0.05) is 6.04 Å². The summed E-state index contributed by atoms with van der Waals surface area (Å²) in [5, 5.41) is 11.0. The summed E-state index contributed by atoms with van der Waals surface area (Å²) in [7, 11) is -3.73. The summed E-state index contributed by atoms with van der Waals surface area (Å²) in [5.41, 5.74) is 0. The van der Waals surface area contributed by atoms with Gasteiger partial charge in [0.2, 0.25) is 15.9 Å². The van der Waals surface area contributed by atoms with Crippen LogP contribution in [0.25, 0.3) is 0 Å². The van der Waals surface area contributed by atoms with E-state index in [4.69, 9.17) is 5.11 Å². The summed E-state index contributed by atoms with van der Waals surface area (Å²) in [6.45, 7) is 3.74. The van der Waals surface area contributed by atoms with Gasteiger partial charge in [-0.15, -0.1) is 0 Å². The quantitative estimate of drug-likeness (QED) is 0.631. The predicted octanol–water partition coefficient (Wildman–Crippen LogP) is 0.464. The van der Waals surface area contributed by atoms with E-state index in [0.717, 1.165) is 25.7 Å². The van der Waals surface area contributed by atoms with Crippen LogP contribution < -0.4 is 10.0 Å². The predicted molar refractivity (Wildman–Crippen MR) is 78.2 cm³/mol. The van der Waals surface area contributed by atoms with Crippen LogP contribution in [0.15, 0.2) is 0 Å². The summed E-state index contributed by atoms with van der Waals surface area (Å²) in [6, 6.07) is -1.18. The number of amides is 1. The highest BCUT2D eigenvalue weighted by Gasteiger charge is 2.26. The lowest BCUT2D eigenvalue weighted by Crippen LogP contribution is -2.46. The average molecular weight is 320 g/mol. The number of sulfonamides is 1. The van der Waals surface area contributed by atoms with Crippen molar-refractivity contribution in [2.45, 2.75) is 58.0 Å². The molecule has 1 fully saturated rings. The molecule has 3 N–H and O–H groups in total. The number of carbonyl (C=O) groups excluding carboxylic acids is 1. The van der Waals surface area contributed by atoms with E-state index < -0.39 is 33.7 Å². The Morgan fingerprint density at radius 1 is 1.24 bits per heavy atom. The molecule has 122 valence electrons. The normalized spacial score (nSPS) is 24.3. The largest absolute Gasteiger partial charge is 0.480 e. The molecule has 7 nitrogen and oxygen atoms in total. The zero-order valence-electron chi connectivity index (χ0n) is 12.5. The van der Waals surface area contributed by atoms with Crippen molar-refractivity contribution in [3.05, 3.63) is 0 Å². The zero-order valence-corrected chi connectivity index (χ0v) is 13.3. The molecule has 0 heterocycles. The van der Waals surface area contributed by atoms with E-state index in [9.17, 15) is 18.0 Å². The molecule has 1 saturated carbocycles. The van der Waals surface area contributed by atoms with Crippen LogP contribution in [0.4, 0.5) is 0 Å². The van der Waals surface area contributed by atoms with Crippen LogP contribution in [0.2, 0.25) is 0 Å². The Morgan fingerprint density at radius 3 is 2.29 bits per heavy atom. The van der Waals surface area contributed by atoms with Crippen molar-refractivity contribution in [3.63, 3.8) is 0 Å². The molecule has 0 aromatic heterocycles. The Labute approximate surface area is 125 Å². The standard InChI is InChI=1S/C13H24N2O5S/c1-3-11(13(17)18)14-12(16)8-21(19,20)15-10-6-4-9(2)5-7-10/h9-11,15H,3-8H2,1-2H3,(H,14,16)(H,17,18). The third-order valence-electron chi connectivity index (χ3n) is 3.72. The lowest BCUT2D eigenvalue weighted by molar-refractivity contribution is -0.141. The van der Waals surface area contributed by atoms with Gasteiger partial charge in [0.1, 0.15) is 11.8 Å². The summed E-state index contributed by atoms with van der Waals surface area (Å²) in [6.07, 6.45) is 3.69. The van der Waals surface area contributed by atoms with Gasteiger partial charge in [0.15, 0.2) is 0 Å². The van der Waals surface area contributed by atoms with Crippen LogP contribution in [-0.4, -0.2) is 43.2 Å². The van der Waals surface area contributed by atoms with Gasteiger partial charge in [-0.05, 0) is 38.0 Å². The molecule has 0 aromatic carbocycles. The lowest BCUT2D eigenvalue weighted by Gasteiger charge is -2.26. The van der Waals surface area contributed by atoms with Gasteiger partial charge in [0.25, 0.3) is 0 Å². The SMILES string of the molecule is CCC(NC(=O)CS(=O)(=O)NC1CCC(C)CC1)C(=O)O. The lowest BCUT2D eigenvalue weighted by atomic mass is 9.88. The fourth-order valence-electron chi connectivity index (χ4n) is 2.42. The molecule has 1 unspecified atom stereocenters. The minimum atomic E-state index is -3.73. The minimum Gasteiger partial charge on any atom is -0.480 e. The van der Waals surface area contributed by atoms with Crippen molar-refractivity contribution in [1.82, 2.24) is 10.0 Å². The second-order valence-corrected chi connectivity index (χ2v) is 7.45. The summed E-state index contributed by atoms with van der Waals surface area (Å²) >= 11 is 0. The van der Waals surface area contributed by atoms with Gasteiger partial charge in [-0.1, -0.05) is 13.8 Å². The second kappa shape index (κ2) is 7.74. The maximum Gasteiger partial charge on any atom is 0.326 e. The number of aliphatic carboxylic acids is 1. The van der Waals surface area contributed by atoms with Crippen molar-refractivity contribution in [1.29, 1.82) is 0 Å². The Hall–Kier alpha value is -1.15. The van der Waals surface area contributed by atoms with Crippen LogP contribution in [0, 0.1) is 5.92 Å². The first-order valence-electron chi connectivity index (χ1n) is 7.25. The van der Waals surface area contributed by atoms with E-state index in [1.165, 1.54) is 0 Å². The zero-order chi connectivity index (χ0) is 16.0. The highest BCUT2D eigenvalue weighted by Crippen LogP contribution is 2.23. The molecule has 1 rings (SSSR count). The average Bonchev–Trinajstić information content (AvgIpc) is 2.37. The molecule has 1 amide bonds. The molecule has 21 heavy (non-hydrogen) atoms. The summed E-state index contributed by atoms with van der Waals surface area (Å²) in [5.74, 6) is -2.09. The van der Waals surface area contributed by atoms with Crippen molar-refractivity contribution in [2.24, 2.45) is 5.92 Å². The van der Waals surface area contributed by atoms with E-state index in [-0.39, 0.29) is 12.5 Å². The van der Waals surface area contributed by atoms with Gasteiger partial charge < -0.3 is 10.4 Å². The molecule has 0 aliphatic heterocycles. The van der Waals surface area contributed by atoms with Gasteiger partial charge in [-0.2, -0.15) is 0 Å². The molecule has 0 bridgehead atoms. The first-order chi connectivity index (χ1) is 9.73. The fraction of sp³-hybridized carbons (Fsp3) is 0.846. The first kappa shape index (κ1) is 17.9. The number of rotatable bonds is 7. The number of nitrogens with one attached hydrogen (secondary N) is 2. The minimum absolute atomic E-state index is 0.125. The van der Waals surface area contributed by atoms with Gasteiger partial charge >= 0.3 is 5.97 Å². The van der Waals surface area contributed by atoms with E-state index in [2.05, 4.69) is 17.0 Å². The molecule has 0 radical (unpaired) electrons. The number of hydrogen-bond acceptors (Lipinski definition) is 4. The topological polar surface area (TPSA) is 113 Å². The number of hydrogen-bond donors (Lipinski definition) is 3. The molecule has 0 saturated heterocycles. The first-order valence-corrected chi connectivity index (χ1v) is 8.91. The monoisotopic (exact) mass is 320 g/mol. The maximum atomic E-state index is 11.9. The Balaban J connectivity index is 2.48. The van der Waals surface area contributed by atoms with Crippen molar-refractivity contribution in [3.8, 4) is 0 Å². The van der Waals surface area contributed by atoms with E-state index in [1.807, 2.05) is 0 Å². The maximum absolute atomic E-state index is 11.9. The van der Waals surface area contributed by atoms with E-state index >= 15 is 0 Å². The van der Waals surface area contributed by atoms with Gasteiger partial charge in [0.05, 0.1) is 0 Å². The molecule has 1 atom stereocenters. The fourth-order valence-corrected chi connectivity index (χ4v) is 3.68. The van der Waals surface area contributed by atoms with E-state index in [0.29, 0.717) is 5.92 Å². The van der Waals surface area contributed by atoms with Crippen molar-refractivity contribution >= 4 is 21.9 Å².